The smallest absolute Gasteiger partial charge is 0.204 e. The summed E-state index contributed by atoms with van der Waals surface area (Å²) in [6.45, 7) is 2.09. The maximum atomic E-state index is 4.80. The van der Waals surface area contributed by atoms with E-state index in [0.717, 1.165) is 32.4 Å². The summed E-state index contributed by atoms with van der Waals surface area (Å²) in [5, 5.41) is 5.05. The predicted octanol–water partition coefficient (Wildman–Crippen LogP) is 5.63. The van der Waals surface area contributed by atoms with Gasteiger partial charge in [-0.15, -0.1) is 0 Å². The van der Waals surface area contributed by atoms with E-state index < -0.39 is 0 Å². The highest BCUT2D eigenvalue weighted by atomic mass is 32.1. The molecule has 0 atom stereocenters. The van der Waals surface area contributed by atoms with E-state index in [9.17, 15) is 0 Å². The molecule has 5 heteroatoms. The molecule has 4 nitrogen and oxygen atoms in total. The van der Waals surface area contributed by atoms with Gasteiger partial charge in [-0.1, -0.05) is 77.6 Å². The van der Waals surface area contributed by atoms with Crippen LogP contribution in [0.5, 0.6) is 0 Å². The summed E-state index contributed by atoms with van der Waals surface area (Å²) in [5.74, 6) is 0. The lowest BCUT2D eigenvalue weighted by Crippen LogP contribution is -1.90. The summed E-state index contributed by atoms with van der Waals surface area (Å²) in [7, 11) is 0. The quantitative estimate of drug-likeness (QED) is 0.366. The molecule has 0 aliphatic heterocycles. The van der Waals surface area contributed by atoms with Crippen LogP contribution in [0.25, 0.3) is 21.7 Å². The standard InChI is InChI=1S/C22H18N4S/c1-16-9-11-18(12-10-16)20-21(19-7-3-2-4-8-19)27-22(25-20)26-24-15-17-6-5-13-23-14-17/h2-15H,1H3,(H,25,26)/b24-15-. The van der Waals surface area contributed by atoms with Gasteiger partial charge in [-0.3, -0.25) is 10.4 Å². The van der Waals surface area contributed by atoms with Crippen LogP contribution in [0.2, 0.25) is 0 Å². The van der Waals surface area contributed by atoms with E-state index in [2.05, 4.69) is 58.8 Å². The number of thiazole rings is 1. The molecule has 0 bridgehead atoms. The van der Waals surface area contributed by atoms with Crippen LogP contribution in [-0.2, 0) is 0 Å². The van der Waals surface area contributed by atoms with Crippen LogP contribution in [0.1, 0.15) is 11.1 Å². The molecule has 0 saturated carbocycles. The van der Waals surface area contributed by atoms with E-state index >= 15 is 0 Å². The molecule has 0 fully saturated rings. The van der Waals surface area contributed by atoms with E-state index in [-0.39, 0.29) is 0 Å². The lowest BCUT2D eigenvalue weighted by molar-refractivity contribution is 1.28. The zero-order valence-electron chi connectivity index (χ0n) is 14.8. The molecule has 4 rings (SSSR count). The first-order chi connectivity index (χ1) is 13.3. The minimum Gasteiger partial charge on any atom is -0.264 e. The largest absolute Gasteiger partial charge is 0.264 e. The summed E-state index contributed by atoms with van der Waals surface area (Å²) in [5.41, 5.74) is 8.43. The van der Waals surface area contributed by atoms with E-state index in [1.165, 1.54) is 5.56 Å². The van der Waals surface area contributed by atoms with Gasteiger partial charge in [0.05, 0.1) is 16.8 Å². The average molecular weight is 370 g/mol. The summed E-state index contributed by atoms with van der Waals surface area (Å²) < 4.78 is 0. The lowest BCUT2D eigenvalue weighted by Gasteiger charge is -2.03. The third kappa shape index (κ3) is 4.10. The highest BCUT2D eigenvalue weighted by molar-refractivity contribution is 7.19. The van der Waals surface area contributed by atoms with E-state index in [1.54, 1.807) is 29.9 Å². The average Bonchev–Trinajstić information content (AvgIpc) is 3.14. The van der Waals surface area contributed by atoms with Crippen LogP contribution in [0.15, 0.2) is 84.2 Å². The van der Waals surface area contributed by atoms with Gasteiger partial charge in [0, 0.05) is 23.5 Å². The highest BCUT2D eigenvalue weighted by Crippen LogP contribution is 2.38. The summed E-state index contributed by atoms with van der Waals surface area (Å²) >= 11 is 1.60. The van der Waals surface area contributed by atoms with Crippen LogP contribution >= 0.6 is 11.3 Å². The number of hydrazone groups is 1. The van der Waals surface area contributed by atoms with Gasteiger partial charge in [-0.05, 0) is 18.6 Å². The number of anilines is 1. The van der Waals surface area contributed by atoms with Crippen LogP contribution in [0.4, 0.5) is 5.13 Å². The fourth-order valence-corrected chi connectivity index (χ4v) is 3.62. The van der Waals surface area contributed by atoms with Gasteiger partial charge in [-0.2, -0.15) is 5.10 Å². The van der Waals surface area contributed by atoms with Gasteiger partial charge in [-0.25, -0.2) is 4.98 Å². The van der Waals surface area contributed by atoms with Crippen molar-refractivity contribution in [2.75, 3.05) is 5.43 Å². The topological polar surface area (TPSA) is 50.2 Å². The van der Waals surface area contributed by atoms with Crippen molar-refractivity contribution in [3.63, 3.8) is 0 Å². The highest BCUT2D eigenvalue weighted by Gasteiger charge is 2.14. The first kappa shape index (κ1) is 17.1. The molecule has 0 amide bonds. The Bertz CT molecular complexity index is 1040. The minimum absolute atomic E-state index is 0.754. The second kappa shape index (κ2) is 7.93. The third-order valence-electron chi connectivity index (χ3n) is 4.05. The van der Waals surface area contributed by atoms with Crippen molar-refractivity contribution in [1.82, 2.24) is 9.97 Å². The van der Waals surface area contributed by atoms with Gasteiger partial charge < -0.3 is 0 Å². The van der Waals surface area contributed by atoms with Crippen LogP contribution in [0.3, 0.4) is 0 Å². The SMILES string of the molecule is Cc1ccc(-c2nc(N/N=C\c3cccnc3)sc2-c2ccccc2)cc1. The molecule has 27 heavy (non-hydrogen) atoms. The molecule has 4 aromatic rings. The van der Waals surface area contributed by atoms with Gasteiger partial charge in [0.15, 0.2) is 0 Å². The van der Waals surface area contributed by atoms with Crippen molar-refractivity contribution < 1.29 is 0 Å². The van der Waals surface area contributed by atoms with Crippen molar-refractivity contribution in [3.05, 3.63) is 90.3 Å². The van der Waals surface area contributed by atoms with Crippen LogP contribution < -0.4 is 5.43 Å². The molecule has 2 heterocycles. The van der Waals surface area contributed by atoms with Crippen molar-refractivity contribution in [3.8, 4) is 21.7 Å². The fraction of sp³-hybridized carbons (Fsp3) is 0.0455. The predicted molar refractivity (Wildman–Crippen MR) is 113 cm³/mol. The Hall–Kier alpha value is -3.31. The Morgan fingerprint density at radius 1 is 0.926 bits per heavy atom. The zero-order valence-corrected chi connectivity index (χ0v) is 15.6. The summed E-state index contributed by atoms with van der Waals surface area (Å²) in [4.78, 5) is 10.0. The van der Waals surface area contributed by atoms with Crippen molar-refractivity contribution in [2.24, 2.45) is 5.10 Å². The maximum Gasteiger partial charge on any atom is 0.204 e. The Morgan fingerprint density at radius 2 is 1.74 bits per heavy atom. The van der Waals surface area contributed by atoms with E-state index in [0.29, 0.717) is 0 Å². The third-order valence-corrected chi connectivity index (χ3v) is 5.06. The number of benzene rings is 2. The molecule has 2 aromatic heterocycles. The second-order valence-electron chi connectivity index (χ2n) is 6.09. The first-order valence-corrected chi connectivity index (χ1v) is 9.43. The molecule has 0 unspecified atom stereocenters. The van der Waals surface area contributed by atoms with Gasteiger partial charge in [0.25, 0.3) is 0 Å². The van der Waals surface area contributed by atoms with Crippen LogP contribution in [0, 0.1) is 6.92 Å². The maximum absolute atomic E-state index is 4.80. The van der Waals surface area contributed by atoms with Gasteiger partial charge in [0.1, 0.15) is 0 Å². The molecule has 0 saturated heterocycles. The summed E-state index contributed by atoms with van der Waals surface area (Å²) in [6, 6.07) is 22.6. The second-order valence-corrected chi connectivity index (χ2v) is 7.08. The van der Waals surface area contributed by atoms with Gasteiger partial charge >= 0.3 is 0 Å². The number of rotatable bonds is 5. The molecular formula is C22H18N4S. The molecule has 0 aliphatic carbocycles. The lowest BCUT2D eigenvalue weighted by atomic mass is 10.1. The molecule has 132 valence electrons. The monoisotopic (exact) mass is 370 g/mol. The van der Waals surface area contributed by atoms with Gasteiger partial charge in [0.2, 0.25) is 5.13 Å². The number of hydrogen-bond acceptors (Lipinski definition) is 5. The Kier molecular flexibility index (Phi) is 5.03. The number of aryl methyl sites for hydroxylation is 1. The number of aromatic nitrogens is 2. The molecule has 1 N–H and O–H groups in total. The Balaban J connectivity index is 1.67. The minimum atomic E-state index is 0.754. The molecule has 0 radical (unpaired) electrons. The molecule has 0 spiro atoms. The van der Waals surface area contributed by atoms with Crippen molar-refractivity contribution >= 4 is 22.7 Å². The van der Waals surface area contributed by atoms with Crippen LogP contribution in [-0.4, -0.2) is 16.2 Å². The fourth-order valence-electron chi connectivity index (χ4n) is 2.67. The number of nitrogens with one attached hydrogen (secondary N) is 1. The normalized spacial score (nSPS) is 11.0. The number of nitrogens with zero attached hydrogens (tertiary/aromatic N) is 3. The zero-order chi connectivity index (χ0) is 18.5. The van der Waals surface area contributed by atoms with E-state index in [1.807, 2.05) is 30.3 Å². The van der Waals surface area contributed by atoms with Crippen molar-refractivity contribution in [2.45, 2.75) is 6.92 Å². The Morgan fingerprint density at radius 3 is 2.48 bits per heavy atom. The Labute approximate surface area is 162 Å². The molecule has 2 aromatic carbocycles. The number of hydrogen-bond donors (Lipinski definition) is 1. The molecular weight excluding hydrogens is 352 g/mol. The summed E-state index contributed by atoms with van der Waals surface area (Å²) in [6.07, 6.45) is 5.24. The van der Waals surface area contributed by atoms with E-state index in [4.69, 9.17) is 4.98 Å². The number of pyridine rings is 1. The van der Waals surface area contributed by atoms with Crippen molar-refractivity contribution in [1.29, 1.82) is 0 Å². The molecule has 0 aliphatic rings. The first-order valence-electron chi connectivity index (χ1n) is 8.62.